The predicted molar refractivity (Wildman–Crippen MR) is 73.6 cm³/mol. The molecule has 0 atom stereocenters. The lowest BCUT2D eigenvalue weighted by Crippen LogP contribution is -1.81. The maximum atomic E-state index is 5.57. The van der Waals surface area contributed by atoms with Crippen molar-refractivity contribution in [2.45, 2.75) is 0 Å². The highest BCUT2D eigenvalue weighted by Gasteiger charge is 1.91. The van der Waals surface area contributed by atoms with Crippen molar-refractivity contribution in [3.05, 3.63) is 60.8 Å². The summed E-state index contributed by atoms with van der Waals surface area (Å²) in [7, 11) is 0. The fourth-order valence-electron chi connectivity index (χ4n) is 1.52. The van der Waals surface area contributed by atoms with E-state index in [4.69, 9.17) is 11.5 Å². The Morgan fingerprint density at radius 2 is 1.53 bits per heavy atom. The Kier molecular flexibility index (Phi) is 3.31. The molecule has 0 fully saturated rings. The molecule has 3 heteroatoms. The van der Waals surface area contributed by atoms with Crippen molar-refractivity contribution in [1.82, 2.24) is 4.98 Å². The van der Waals surface area contributed by atoms with Crippen LogP contribution in [0.25, 0.3) is 10.9 Å². The van der Waals surface area contributed by atoms with Gasteiger partial charge in [-0.15, -0.1) is 0 Å². The van der Waals surface area contributed by atoms with Crippen LogP contribution in [-0.2, 0) is 0 Å². The van der Waals surface area contributed by atoms with Gasteiger partial charge in [-0.1, -0.05) is 18.2 Å². The first kappa shape index (κ1) is 11.1. The lowest BCUT2D eigenvalue weighted by Gasteiger charge is -1.90. The van der Waals surface area contributed by atoms with Crippen molar-refractivity contribution >= 4 is 22.3 Å². The van der Waals surface area contributed by atoms with Gasteiger partial charge >= 0.3 is 0 Å². The van der Waals surface area contributed by atoms with E-state index in [9.17, 15) is 0 Å². The van der Waals surface area contributed by atoms with E-state index in [-0.39, 0.29) is 0 Å². The average Bonchev–Trinajstić information content (AvgIpc) is 2.78. The molecule has 3 nitrogen and oxygen atoms in total. The minimum atomic E-state index is 0.812. The summed E-state index contributed by atoms with van der Waals surface area (Å²) in [5, 5.41) is 1.17. The number of para-hydroxylation sites is 1. The molecule has 17 heavy (non-hydrogen) atoms. The standard InChI is InChI=1S/C8H8N2.C6H7N/c9-7-1-2-8-6(5-7)3-4-10-8;7-6-4-2-1-3-5-6/h1-5,10H,9H2;1-5H,7H2. The molecule has 0 bridgehead atoms. The number of benzene rings is 2. The van der Waals surface area contributed by atoms with Crippen LogP contribution in [0.15, 0.2) is 60.8 Å². The first-order chi connectivity index (χ1) is 8.25. The molecule has 0 radical (unpaired) electrons. The Balaban J connectivity index is 0.000000136. The molecule has 0 saturated heterocycles. The Morgan fingerprint density at radius 3 is 2.18 bits per heavy atom. The highest BCUT2D eigenvalue weighted by Crippen LogP contribution is 2.14. The molecular weight excluding hydrogens is 210 g/mol. The molecule has 5 N–H and O–H groups in total. The smallest absolute Gasteiger partial charge is 0.0455 e. The van der Waals surface area contributed by atoms with E-state index in [2.05, 4.69) is 4.98 Å². The maximum Gasteiger partial charge on any atom is 0.0455 e. The third-order valence-corrected chi connectivity index (χ3v) is 2.38. The van der Waals surface area contributed by atoms with Crippen molar-refractivity contribution in [2.24, 2.45) is 0 Å². The SMILES string of the molecule is Nc1ccc2[nH]ccc2c1.Nc1ccccc1. The van der Waals surface area contributed by atoms with Crippen LogP contribution in [0.5, 0.6) is 0 Å². The van der Waals surface area contributed by atoms with Crippen molar-refractivity contribution in [3.8, 4) is 0 Å². The highest BCUT2D eigenvalue weighted by atomic mass is 14.7. The molecule has 3 rings (SSSR count). The Morgan fingerprint density at radius 1 is 0.765 bits per heavy atom. The van der Waals surface area contributed by atoms with Gasteiger partial charge in [-0.2, -0.15) is 0 Å². The summed E-state index contributed by atoms with van der Waals surface area (Å²) < 4.78 is 0. The molecule has 0 unspecified atom stereocenters. The quantitative estimate of drug-likeness (QED) is 0.515. The van der Waals surface area contributed by atoms with Crippen LogP contribution in [0.2, 0.25) is 0 Å². The second kappa shape index (κ2) is 5.07. The Bertz CT molecular complexity index is 584. The molecule has 2 aromatic carbocycles. The minimum absolute atomic E-state index is 0.812. The monoisotopic (exact) mass is 225 g/mol. The van der Waals surface area contributed by atoms with Crippen LogP contribution >= 0.6 is 0 Å². The van der Waals surface area contributed by atoms with Gasteiger partial charge in [-0.3, -0.25) is 0 Å². The van der Waals surface area contributed by atoms with Gasteiger partial charge in [0.1, 0.15) is 0 Å². The number of rotatable bonds is 0. The lowest BCUT2D eigenvalue weighted by atomic mass is 10.2. The molecule has 0 spiro atoms. The van der Waals surface area contributed by atoms with Gasteiger partial charge in [0.2, 0.25) is 0 Å². The van der Waals surface area contributed by atoms with Crippen molar-refractivity contribution in [3.63, 3.8) is 0 Å². The average molecular weight is 225 g/mol. The van der Waals surface area contributed by atoms with Gasteiger partial charge in [-0.05, 0) is 36.4 Å². The summed E-state index contributed by atoms with van der Waals surface area (Å²) in [6.45, 7) is 0. The number of nitrogen functional groups attached to an aromatic ring is 2. The van der Waals surface area contributed by atoms with Crippen molar-refractivity contribution < 1.29 is 0 Å². The van der Waals surface area contributed by atoms with E-state index in [0.29, 0.717) is 0 Å². The number of hydrogen-bond donors (Lipinski definition) is 3. The van der Waals surface area contributed by atoms with Gasteiger partial charge in [-0.25, -0.2) is 0 Å². The topological polar surface area (TPSA) is 67.8 Å². The first-order valence-electron chi connectivity index (χ1n) is 5.39. The number of nitrogens with two attached hydrogens (primary N) is 2. The number of hydrogen-bond acceptors (Lipinski definition) is 2. The summed E-state index contributed by atoms with van der Waals surface area (Å²) in [4.78, 5) is 3.09. The maximum absolute atomic E-state index is 5.57. The molecule has 0 amide bonds. The number of anilines is 2. The third-order valence-electron chi connectivity index (χ3n) is 2.38. The van der Waals surface area contributed by atoms with Crippen LogP contribution in [0.4, 0.5) is 11.4 Å². The number of aromatic nitrogens is 1. The zero-order valence-corrected chi connectivity index (χ0v) is 9.43. The minimum Gasteiger partial charge on any atom is -0.399 e. The zero-order chi connectivity index (χ0) is 12.1. The summed E-state index contributed by atoms with van der Waals surface area (Å²) in [5.74, 6) is 0. The molecular formula is C14H15N3. The lowest BCUT2D eigenvalue weighted by molar-refractivity contribution is 1.48. The molecule has 0 saturated carbocycles. The predicted octanol–water partition coefficient (Wildman–Crippen LogP) is 3.02. The first-order valence-corrected chi connectivity index (χ1v) is 5.39. The molecule has 1 heterocycles. The van der Waals surface area contributed by atoms with Crippen molar-refractivity contribution in [2.75, 3.05) is 11.5 Å². The van der Waals surface area contributed by atoms with Gasteiger partial charge in [0, 0.05) is 28.5 Å². The van der Waals surface area contributed by atoms with Crippen LogP contribution in [0.1, 0.15) is 0 Å². The van der Waals surface area contributed by atoms with E-state index in [1.54, 1.807) is 0 Å². The number of H-pyrrole nitrogens is 1. The molecule has 0 aliphatic heterocycles. The van der Waals surface area contributed by atoms with E-state index in [0.717, 1.165) is 16.9 Å². The summed E-state index contributed by atoms with van der Waals surface area (Å²) >= 11 is 0. The Hall–Kier alpha value is -2.42. The normalized spacial score (nSPS) is 9.65. The van der Waals surface area contributed by atoms with Gasteiger partial charge in [0.05, 0.1) is 0 Å². The van der Waals surface area contributed by atoms with Gasteiger partial charge < -0.3 is 16.5 Å². The van der Waals surface area contributed by atoms with Crippen LogP contribution in [0.3, 0.4) is 0 Å². The number of nitrogens with one attached hydrogen (secondary N) is 1. The molecule has 3 aromatic rings. The molecule has 0 aliphatic carbocycles. The third kappa shape index (κ3) is 3.01. The fourth-order valence-corrected chi connectivity index (χ4v) is 1.52. The van der Waals surface area contributed by atoms with E-state index < -0.39 is 0 Å². The molecule has 0 aliphatic rings. The molecule has 1 aromatic heterocycles. The highest BCUT2D eigenvalue weighted by molar-refractivity contribution is 5.82. The zero-order valence-electron chi connectivity index (χ0n) is 9.43. The summed E-state index contributed by atoms with van der Waals surface area (Å²) in [6.07, 6.45) is 1.91. The fraction of sp³-hybridized carbons (Fsp3) is 0. The van der Waals surface area contributed by atoms with Crippen molar-refractivity contribution in [1.29, 1.82) is 0 Å². The Labute approximate surface area is 100 Å². The van der Waals surface area contributed by atoms with E-state index in [1.807, 2.05) is 60.8 Å². The van der Waals surface area contributed by atoms with Crippen LogP contribution < -0.4 is 11.5 Å². The second-order valence-electron chi connectivity index (χ2n) is 3.74. The van der Waals surface area contributed by atoms with Gasteiger partial charge in [0.25, 0.3) is 0 Å². The van der Waals surface area contributed by atoms with Crippen LogP contribution in [0, 0.1) is 0 Å². The number of fused-ring (bicyclic) bond motifs is 1. The van der Waals surface area contributed by atoms with Crippen LogP contribution in [-0.4, -0.2) is 4.98 Å². The van der Waals surface area contributed by atoms with Gasteiger partial charge in [0.15, 0.2) is 0 Å². The van der Waals surface area contributed by atoms with E-state index >= 15 is 0 Å². The summed E-state index contributed by atoms with van der Waals surface area (Å²) in [5.41, 5.74) is 13.7. The molecule has 86 valence electrons. The number of aromatic amines is 1. The second-order valence-corrected chi connectivity index (χ2v) is 3.74. The summed E-state index contributed by atoms with van der Waals surface area (Å²) in [6, 6.07) is 17.3. The largest absolute Gasteiger partial charge is 0.399 e. The van der Waals surface area contributed by atoms with E-state index in [1.165, 1.54) is 5.39 Å².